The van der Waals surface area contributed by atoms with Crippen molar-refractivity contribution in [2.75, 3.05) is 34.9 Å². The number of fused-ring (bicyclic) bond motifs is 1. The van der Waals surface area contributed by atoms with Crippen molar-refractivity contribution in [1.82, 2.24) is 0 Å². The topological polar surface area (TPSA) is 18.5 Å². The lowest BCUT2D eigenvalue weighted by Gasteiger charge is -2.43. The predicted octanol–water partition coefficient (Wildman–Crippen LogP) is 0.430. The largest absolute Gasteiger partial charge is 1.00 e. The third-order valence-electron chi connectivity index (χ3n) is 4.71. The molecule has 2 aromatic rings. The van der Waals surface area contributed by atoms with Crippen molar-refractivity contribution >= 4 is 0 Å². The molecule has 0 saturated heterocycles. The van der Waals surface area contributed by atoms with Crippen molar-refractivity contribution in [1.29, 1.82) is 0 Å². The van der Waals surface area contributed by atoms with Crippen molar-refractivity contribution in [3.63, 3.8) is 0 Å². The first-order chi connectivity index (χ1) is 10.6. The van der Waals surface area contributed by atoms with Crippen LogP contribution >= 0.6 is 0 Å². The molecule has 1 heterocycles. The van der Waals surface area contributed by atoms with Crippen LogP contribution in [-0.4, -0.2) is 39.3 Å². The molecule has 0 bridgehead atoms. The Morgan fingerprint density at radius 2 is 1.57 bits per heavy atom. The SMILES string of the molecule is COc1cc2c(cc1OC)C(c1ccccc1)[N+](C)(C)CC2.[I-]. The molecule has 0 N–H and O–H groups in total. The zero-order valence-corrected chi connectivity index (χ0v) is 16.3. The number of likely N-dealkylation sites (N-methyl/N-ethyl adjacent to an activating group) is 1. The lowest BCUT2D eigenvalue weighted by atomic mass is 9.86. The Kier molecular flexibility index (Phi) is 5.57. The highest BCUT2D eigenvalue weighted by molar-refractivity contribution is 5.50. The number of hydrogen-bond donors (Lipinski definition) is 0. The average molecular weight is 425 g/mol. The second kappa shape index (κ2) is 7.09. The molecule has 1 atom stereocenters. The summed E-state index contributed by atoms with van der Waals surface area (Å²) in [7, 11) is 8.00. The van der Waals surface area contributed by atoms with Crippen molar-refractivity contribution in [3.8, 4) is 11.5 Å². The first-order valence-corrected chi connectivity index (χ1v) is 7.69. The van der Waals surface area contributed by atoms with E-state index >= 15 is 0 Å². The van der Waals surface area contributed by atoms with Crippen LogP contribution in [0.4, 0.5) is 0 Å². The third kappa shape index (κ3) is 3.33. The smallest absolute Gasteiger partial charge is 0.161 e. The Labute approximate surface area is 155 Å². The molecule has 2 aromatic carbocycles. The number of hydrogen-bond acceptors (Lipinski definition) is 2. The number of benzene rings is 2. The van der Waals surface area contributed by atoms with Crippen molar-refractivity contribution in [3.05, 3.63) is 59.2 Å². The van der Waals surface area contributed by atoms with Gasteiger partial charge < -0.3 is 37.9 Å². The van der Waals surface area contributed by atoms with Gasteiger partial charge in [-0.1, -0.05) is 30.3 Å². The van der Waals surface area contributed by atoms with Crippen LogP contribution in [-0.2, 0) is 6.42 Å². The fourth-order valence-corrected chi connectivity index (χ4v) is 3.54. The lowest BCUT2D eigenvalue weighted by molar-refractivity contribution is -0.917. The van der Waals surface area contributed by atoms with E-state index in [1.54, 1.807) is 14.2 Å². The summed E-state index contributed by atoms with van der Waals surface area (Å²) in [6.07, 6.45) is 1.06. The second-order valence-electron chi connectivity index (χ2n) is 6.47. The van der Waals surface area contributed by atoms with Gasteiger partial charge in [0, 0.05) is 17.5 Å². The van der Waals surface area contributed by atoms with E-state index in [2.05, 4.69) is 56.6 Å². The molecule has 1 aliphatic rings. The molecule has 3 rings (SSSR count). The standard InChI is InChI=1S/C19H24NO2.HI/c1-20(2)11-10-15-12-17(21-3)18(22-4)13-16(15)19(20)14-8-6-5-7-9-14;/h5-9,12-13,19H,10-11H2,1-4H3;1H/q+1;/p-1. The van der Waals surface area contributed by atoms with Crippen LogP contribution in [0.3, 0.4) is 0 Å². The number of halogens is 1. The lowest BCUT2D eigenvalue weighted by Crippen LogP contribution is -3.00. The summed E-state index contributed by atoms with van der Waals surface area (Å²) in [6, 6.07) is 15.4. The molecule has 3 nitrogen and oxygen atoms in total. The molecular formula is C19H24INO2. The summed E-state index contributed by atoms with van der Waals surface area (Å²) in [4.78, 5) is 0. The van der Waals surface area contributed by atoms with Gasteiger partial charge in [0.15, 0.2) is 11.5 Å². The molecule has 0 fully saturated rings. The first kappa shape index (κ1) is 18.1. The summed E-state index contributed by atoms with van der Waals surface area (Å²) >= 11 is 0. The van der Waals surface area contributed by atoms with E-state index < -0.39 is 0 Å². The molecule has 124 valence electrons. The van der Waals surface area contributed by atoms with Gasteiger partial charge >= 0.3 is 0 Å². The van der Waals surface area contributed by atoms with Crippen LogP contribution in [0, 0.1) is 0 Å². The van der Waals surface area contributed by atoms with Gasteiger partial charge in [-0.2, -0.15) is 0 Å². The van der Waals surface area contributed by atoms with Gasteiger partial charge in [-0.25, -0.2) is 0 Å². The Morgan fingerprint density at radius 1 is 0.957 bits per heavy atom. The van der Waals surface area contributed by atoms with Gasteiger partial charge in [-0.3, -0.25) is 0 Å². The monoisotopic (exact) mass is 425 g/mol. The molecule has 1 unspecified atom stereocenters. The highest BCUT2D eigenvalue weighted by atomic mass is 127. The summed E-state index contributed by atoms with van der Waals surface area (Å²) < 4.78 is 11.9. The fourth-order valence-electron chi connectivity index (χ4n) is 3.54. The normalized spacial score (nSPS) is 18.5. The Morgan fingerprint density at radius 3 is 2.17 bits per heavy atom. The zero-order valence-electron chi connectivity index (χ0n) is 14.2. The average Bonchev–Trinajstić information content (AvgIpc) is 2.53. The van der Waals surface area contributed by atoms with Gasteiger partial charge in [0.2, 0.25) is 0 Å². The van der Waals surface area contributed by atoms with E-state index in [0.717, 1.165) is 28.9 Å². The maximum Gasteiger partial charge on any atom is 0.161 e. The van der Waals surface area contributed by atoms with E-state index in [1.807, 2.05) is 0 Å². The van der Waals surface area contributed by atoms with Crippen molar-refractivity contribution in [2.45, 2.75) is 12.5 Å². The Balaban J connectivity index is 0.00000192. The summed E-state index contributed by atoms with van der Waals surface area (Å²) in [6.45, 7) is 1.11. The van der Waals surface area contributed by atoms with E-state index in [0.29, 0.717) is 6.04 Å². The van der Waals surface area contributed by atoms with Crippen LogP contribution in [0.25, 0.3) is 0 Å². The van der Waals surface area contributed by atoms with Crippen molar-refractivity contribution < 1.29 is 37.9 Å². The van der Waals surface area contributed by atoms with Crippen LogP contribution in [0.1, 0.15) is 22.7 Å². The molecule has 23 heavy (non-hydrogen) atoms. The van der Waals surface area contributed by atoms with E-state index in [9.17, 15) is 0 Å². The van der Waals surface area contributed by atoms with Gasteiger partial charge in [-0.05, 0) is 17.7 Å². The fraction of sp³-hybridized carbons (Fsp3) is 0.368. The minimum Gasteiger partial charge on any atom is -1.00 e. The maximum atomic E-state index is 5.52. The molecule has 0 aromatic heterocycles. The second-order valence-corrected chi connectivity index (χ2v) is 6.47. The molecule has 4 heteroatoms. The van der Waals surface area contributed by atoms with Gasteiger partial charge in [0.25, 0.3) is 0 Å². The van der Waals surface area contributed by atoms with Crippen LogP contribution in [0.2, 0.25) is 0 Å². The van der Waals surface area contributed by atoms with Gasteiger partial charge in [-0.15, -0.1) is 0 Å². The van der Waals surface area contributed by atoms with Crippen LogP contribution in [0.5, 0.6) is 11.5 Å². The summed E-state index contributed by atoms with van der Waals surface area (Å²) in [5.41, 5.74) is 4.06. The quantitative estimate of drug-likeness (QED) is 0.525. The number of methoxy groups -OCH3 is 2. The van der Waals surface area contributed by atoms with Gasteiger partial charge in [0.1, 0.15) is 6.04 Å². The predicted molar refractivity (Wildman–Crippen MR) is 88.5 cm³/mol. The molecule has 0 amide bonds. The Bertz CT molecular complexity index is 671. The summed E-state index contributed by atoms with van der Waals surface area (Å²) in [5.74, 6) is 1.63. The number of ether oxygens (including phenoxy) is 2. The van der Waals surface area contributed by atoms with Gasteiger partial charge in [0.05, 0.1) is 34.9 Å². The van der Waals surface area contributed by atoms with E-state index in [1.165, 1.54) is 16.7 Å². The number of quaternary nitrogens is 1. The van der Waals surface area contributed by atoms with Crippen molar-refractivity contribution in [2.24, 2.45) is 0 Å². The Hall–Kier alpha value is -1.27. The number of nitrogens with zero attached hydrogens (tertiary/aromatic N) is 1. The van der Waals surface area contributed by atoms with E-state index in [-0.39, 0.29) is 24.0 Å². The summed E-state index contributed by atoms with van der Waals surface area (Å²) in [5, 5.41) is 0. The van der Waals surface area contributed by atoms with E-state index in [4.69, 9.17) is 9.47 Å². The van der Waals surface area contributed by atoms with Crippen LogP contribution in [0.15, 0.2) is 42.5 Å². The molecule has 0 aliphatic carbocycles. The minimum absolute atomic E-state index is 0. The zero-order chi connectivity index (χ0) is 15.7. The third-order valence-corrected chi connectivity index (χ3v) is 4.71. The minimum atomic E-state index is 0. The van der Waals surface area contributed by atoms with Crippen LogP contribution < -0.4 is 33.5 Å². The molecule has 1 aliphatic heterocycles. The molecule has 0 radical (unpaired) electrons. The number of rotatable bonds is 3. The maximum absolute atomic E-state index is 5.52. The first-order valence-electron chi connectivity index (χ1n) is 7.69. The molecule has 0 saturated carbocycles. The molecular weight excluding hydrogens is 401 g/mol. The highest BCUT2D eigenvalue weighted by Gasteiger charge is 2.37. The highest BCUT2D eigenvalue weighted by Crippen LogP contribution is 2.42. The molecule has 0 spiro atoms.